The van der Waals surface area contributed by atoms with Gasteiger partial charge in [0.25, 0.3) is 5.91 Å². The highest BCUT2D eigenvalue weighted by Gasteiger charge is 2.12. The van der Waals surface area contributed by atoms with Crippen LogP contribution in [-0.4, -0.2) is 15.5 Å². The van der Waals surface area contributed by atoms with Crippen molar-refractivity contribution in [2.45, 2.75) is 13.2 Å². The third-order valence-electron chi connectivity index (χ3n) is 3.87. The molecule has 132 valence electrons. The largest absolute Gasteiger partial charge is 0.483 e. The first-order chi connectivity index (χ1) is 12.6. The minimum atomic E-state index is -0.326. The first-order valence-electron chi connectivity index (χ1n) is 8.18. The van der Waals surface area contributed by atoms with Crippen LogP contribution in [0.5, 0.6) is 5.75 Å². The third kappa shape index (κ3) is 4.36. The molecule has 0 unspecified atom stereocenters. The second kappa shape index (κ2) is 8.11. The van der Waals surface area contributed by atoms with E-state index in [4.69, 9.17) is 4.74 Å². The van der Waals surface area contributed by atoms with Crippen molar-refractivity contribution in [3.05, 3.63) is 94.2 Å². The molecule has 6 heteroatoms. The Morgan fingerprint density at radius 2 is 1.85 bits per heavy atom. The van der Waals surface area contributed by atoms with Crippen LogP contribution in [0.3, 0.4) is 0 Å². The highest BCUT2D eigenvalue weighted by molar-refractivity contribution is 5.92. The predicted molar refractivity (Wildman–Crippen MR) is 97.9 cm³/mol. The fraction of sp³-hybridized carbons (Fsp3) is 0.150. The second-order valence-electron chi connectivity index (χ2n) is 5.81. The number of benzene rings is 1. The van der Waals surface area contributed by atoms with Gasteiger partial charge in [-0.15, -0.1) is 0 Å². The number of aryl methyl sites for hydroxylation is 1. The minimum Gasteiger partial charge on any atom is -0.483 e. The molecule has 0 saturated heterocycles. The molecule has 26 heavy (non-hydrogen) atoms. The van der Waals surface area contributed by atoms with E-state index in [1.54, 1.807) is 24.0 Å². The lowest BCUT2D eigenvalue weighted by Gasteiger charge is -2.12. The van der Waals surface area contributed by atoms with Crippen molar-refractivity contribution in [3.8, 4) is 5.75 Å². The van der Waals surface area contributed by atoms with Crippen molar-refractivity contribution in [1.82, 2.24) is 14.9 Å². The van der Waals surface area contributed by atoms with Crippen molar-refractivity contribution in [1.29, 1.82) is 0 Å². The van der Waals surface area contributed by atoms with Gasteiger partial charge < -0.3 is 14.6 Å². The monoisotopic (exact) mass is 349 g/mol. The number of ether oxygens (including phenoxy) is 1. The normalized spacial score (nSPS) is 10.3. The summed E-state index contributed by atoms with van der Waals surface area (Å²) in [5.41, 5.74) is 1.85. The average Bonchev–Trinajstić information content (AvgIpc) is 2.68. The van der Waals surface area contributed by atoms with E-state index in [2.05, 4.69) is 10.3 Å². The molecule has 3 rings (SSSR count). The molecule has 1 aromatic carbocycles. The first-order valence-corrected chi connectivity index (χ1v) is 8.18. The number of carbonyl (C=O) groups excluding carboxylic acids is 1. The highest BCUT2D eigenvalue weighted by atomic mass is 16.5. The van der Waals surface area contributed by atoms with E-state index in [0.29, 0.717) is 13.2 Å². The summed E-state index contributed by atoms with van der Waals surface area (Å²) in [6.45, 7) is 0.658. The lowest BCUT2D eigenvalue weighted by molar-refractivity contribution is 0.0941. The fourth-order valence-corrected chi connectivity index (χ4v) is 2.45. The number of carbonyl (C=O) groups is 1. The zero-order valence-electron chi connectivity index (χ0n) is 14.4. The quantitative estimate of drug-likeness (QED) is 0.741. The maximum atomic E-state index is 12.4. The van der Waals surface area contributed by atoms with Crippen LogP contribution in [0.1, 0.15) is 21.6 Å². The molecule has 0 saturated carbocycles. The maximum Gasteiger partial charge on any atom is 0.268 e. The Kier molecular flexibility index (Phi) is 5.43. The number of aromatic nitrogens is 2. The van der Waals surface area contributed by atoms with Crippen molar-refractivity contribution in [2.24, 2.45) is 7.05 Å². The van der Waals surface area contributed by atoms with Crippen LogP contribution >= 0.6 is 0 Å². The summed E-state index contributed by atoms with van der Waals surface area (Å²) in [5, 5.41) is 2.79. The summed E-state index contributed by atoms with van der Waals surface area (Å²) in [5.74, 6) is -0.113. The van der Waals surface area contributed by atoms with Crippen LogP contribution in [-0.2, 0) is 20.2 Å². The van der Waals surface area contributed by atoms with Crippen molar-refractivity contribution in [3.63, 3.8) is 0 Å². The van der Waals surface area contributed by atoms with E-state index in [0.717, 1.165) is 11.1 Å². The molecule has 0 aliphatic heterocycles. The number of nitrogens with zero attached hydrogens (tertiary/aromatic N) is 2. The molecule has 6 nitrogen and oxygen atoms in total. The Morgan fingerprint density at radius 1 is 1.12 bits per heavy atom. The van der Waals surface area contributed by atoms with Gasteiger partial charge in [0.05, 0.1) is 6.20 Å². The molecule has 1 N–H and O–H groups in total. The average molecular weight is 349 g/mol. The van der Waals surface area contributed by atoms with E-state index >= 15 is 0 Å². The smallest absolute Gasteiger partial charge is 0.268 e. The number of rotatable bonds is 6. The van der Waals surface area contributed by atoms with E-state index in [9.17, 15) is 9.59 Å². The highest BCUT2D eigenvalue weighted by Crippen LogP contribution is 2.09. The lowest BCUT2D eigenvalue weighted by Crippen LogP contribution is -2.27. The van der Waals surface area contributed by atoms with Crippen molar-refractivity contribution in [2.75, 3.05) is 0 Å². The molecule has 0 spiro atoms. The van der Waals surface area contributed by atoms with E-state index in [-0.39, 0.29) is 22.8 Å². The Bertz CT molecular complexity index is 938. The van der Waals surface area contributed by atoms with E-state index in [1.165, 1.54) is 12.3 Å². The number of nitrogens with one attached hydrogen (secondary N) is 1. The zero-order valence-corrected chi connectivity index (χ0v) is 14.4. The van der Waals surface area contributed by atoms with Gasteiger partial charge in [0.2, 0.25) is 5.43 Å². The molecule has 1 amide bonds. The molecule has 0 fully saturated rings. The summed E-state index contributed by atoms with van der Waals surface area (Å²) in [7, 11) is 1.70. The number of hydrogen-bond donors (Lipinski definition) is 1. The Hall–Kier alpha value is -3.41. The Balaban J connectivity index is 1.68. The van der Waals surface area contributed by atoms with Gasteiger partial charge in [-0.1, -0.05) is 30.3 Å². The summed E-state index contributed by atoms with van der Waals surface area (Å²) >= 11 is 0. The molecule has 0 bridgehead atoms. The minimum absolute atomic E-state index is 0.210. The molecule has 0 atom stereocenters. The fourth-order valence-electron chi connectivity index (χ4n) is 2.45. The molecular weight excluding hydrogens is 330 g/mol. The first kappa shape index (κ1) is 17.4. The van der Waals surface area contributed by atoms with Crippen molar-refractivity contribution >= 4 is 5.91 Å². The lowest BCUT2D eigenvalue weighted by atomic mass is 10.2. The maximum absolute atomic E-state index is 12.4. The van der Waals surface area contributed by atoms with Gasteiger partial charge in [-0.2, -0.15) is 0 Å². The zero-order chi connectivity index (χ0) is 18.4. The molecule has 0 aliphatic rings. The standard InChI is InChI=1S/C20H19N3O3/c1-23-13-19(26-14-16-5-3-2-4-6-16)18(24)11-17(23)20(25)22-12-15-7-9-21-10-8-15/h2-11,13H,12,14H2,1H3,(H,22,25). The third-order valence-corrected chi connectivity index (χ3v) is 3.87. The van der Waals surface area contributed by atoms with Crippen molar-refractivity contribution < 1.29 is 9.53 Å². The van der Waals surface area contributed by atoms with Gasteiger partial charge in [-0.25, -0.2) is 0 Å². The van der Waals surface area contributed by atoms with E-state index in [1.807, 2.05) is 42.5 Å². The van der Waals surface area contributed by atoms with Crippen LogP contribution in [0.15, 0.2) is 71.9 Å². The molecule has 0 radical (unpaired) electrons. The number of pyridine rings is 2. The van der Waals surface area contributed by atoms with Crippen LogP contribution in [0.25, 0.3) is 0 Å². The van der Waals surface area contributed by atoms with Gasteiger partial charge in [-0.05, 0) is 23.3 Å². The van der Waals surface area contributed by atoms with Gasteiger partial charge in [0.15, 0.2) is 5.75 Å². The van der Waals surface area contributed by atoms with Crippen LogP contribution < -0.4 is 15.5 Å². The molecule has 2 aromatic heterocycles. The second-order valence-corrected chi connectivity index (χ2v) is 5.81. The molecular formula is C20H19N3O3. The van der Waals surface area contributed by atoms with Gasteiger partial charge >= 0.3 is 0 Å². The molecule has 0 aliphatic carbocycles. The van der Waals surface area contributed by atoms with Gasteiger partial charge in [0, 0.05) is 32.1 Å². The Morgan fingerprint density at radius 3 is 2.58 bits per heavy atom. The molecule has 3 aromatic rings. The summed E-state index contributed by atoms with van der Waals surface area (Å²) in [6.07, 6.45) is 4.86. The predicted octanol–water partition coefficient (Wildman–Crippen LogP) is 2.29. The van der Waals surface area contributed by atoms with Crippen LogP contribution in [0, 0.1) is 0 Å². The van der Waals surface area contributed by atoms with Crippen LogP contribution in [0.4, 0.5) is 0 Å². The summed E-state index contributed by atoms with van der Waals surface area (Å²) < 4.78 is 7.18. The summed E-state index contributed by atoms with van der Waals surface area (Å²) in [6, 6.07) is 14.5. The number of hydrogen-bond acceptors (Lipinski definition) is 4. The van der Waals surface area contributed by atoms with Crippen LogP contribution in [0.2, 0.25) is 0 Å². The Labute approximate surface area is 151 Å². The van der Waals surface area contributed by atoms with E-state index < -0.39 is 0 Å². The van der Waals surface area contributed by atoms with Gasteiger partial charge in [0.1, 0.15) is 12.3 Å². The van der Waals surface area contributed by atoms with Gasteiger partial charge in [-0.3, -0.25) is 14.6 Å². The summed E-state index contributed by atoms with van der Waals surface area (Å²) in [4.78, 5) is 28.6. The SMILES string of the molecule is Cn1cc(OCc2ccccc2)c(=O)cc1C(=O)NCc1ccncc1. The topological polar surface area (TPSA) is 73.2 Å². The number of amides is 1. The molecule has 2 heterocycles.